The van der Waals surface area contributed by atoms with Gasteiger partial charge >= 0.3 is 0 Å². The van der Waals surface area contributed by atoms with Crippen LogP contribution in [0.4, 0.5) is 4.39 Å². The number of rotatable bonds is 3. The number of halogens is 1. The van der Waals surface area contributed by atoms with E-state index in [1.54, 1.807) is 6.07 Å². The zero-order valence-corrected chi connectivity index (χ0v) is 8.46. The summed E-state index contributed by atoms with van der Waals surface area (Å²) in [4.78, 5) is 0. The molecule has 1 aliphatic rings. The summed E-state index contributed by atoms with van der Waals surface area (Å²) in [5.41, 5.74) is 6.41. The van der Waals surface area contributed by atoms with E-state index < -0.39 is 0 Å². The van der Waals surface area contributed by atoms with Gasteiger partial charge in [-0.15, -0.1) is 0 Å². The molecule has 3 nitrogen and oxygen atoms in total. The Morgan fingerprint density at radius 2 is 1.93 bits per heavy atom. The number of fused-ring (bicyclic) bond motifs is 1. The molecule has 0 spiro atoms. The summed E-state index contributed by atoms with van der Waals surface area (Å²) < 4.78 is 24.0. The fourth-order valence-electron chi connectivity index (χ4n) is 1.65. The van der Waals surface area contributed by atoms with Crippen LogP contribution in [0, 0.1) is 5.82 Å². The van der Waals surface area contributed by atoms with Gasteiger partial charge in [0.1, 0.15) is 13.2 Å². The van der Waals surface area contributed by atoms with Crippen LogP contribution in [0.5, 0.6) is 11.5 Å². The van der Waals surface area contributed by atoms with Crippen LogP contribution in [0.15, 0.2) is 12.1 Å². The number of nitrogens with two attached hydrogens (primary N) is 1. The maximum Gasteiger partial charge on any atom is 0.197 e. The van der Waals surface area contributed by atoms with Gasteiger partial charge in [-0.3, -0.25) is 0 Å². The van der Waals surface area contributed by atoms with Gasteiger partial charge in [0, 0.05) is 0 Å². The van der Waals surface area contributed by atoms with Crippen molar-refractivity contribution in [1.29, 1.82) is 0 Å². The standard InChI is InChI=1S/C11H14FNO2/c12-9-4-3-8(2-1-5-13)10-11(9)15-7-6-14-10/h3-4H,1-2,5-7,13H2. The fraction of sp³-hybridized carbons (Fsp3) is 0.455. The zero-order chi connectivity index (χ0) is 10.7. The maximum absolute atomic E-state index is 13.3. The smallest absolute Gasteiger partial charge is 0.197 e. The lowest BCUT2D eigenvalue weighted by molar-refractivity contribution is 0.162. The Bertz CT molecular complexity index is 355. The molecule has 82 valence electrons. The summed E-state index contributed by atoms with van der Waals surface area (Å²) in [5.74, 6) is 0.437. The summed E-state index contributed by atoms with van der Waals surface area (Å²) in [7, 11) is 0. The third-order valence-electron chi connectivity index (χ3n) is 2.37. The van der Waals surface area contributed by atoms with Gasteiger partial charge < -0.3 is 15.2 Å². The Morgan fingerprint density at radius 3 is 2.67 bits per heavy atom. The van der Waals surface area contributed by atoms with Gasteiger partial charge in [-0.1, -0.05) is 6.07 Å². The summed E-state index contributed by atoms with van der Waals surface area (Å²) in [6, 6.07) is 3.15. The van der Waals surface area contributed by atoms with Gasteiger partial charge in [-0.05, 0) is 31.0 Å². The van der Waals surface area contributed by atoms with E-state index in [1.165, 1.54) is 6.07 Å². The molecule has 1 aliphatic heterocycles. The van der Waals surface area contributed by atoms with Crippen LogP contribution in [0.2, 0.25) is 0 Å². The van der Waals surface area contributed by atoms with Crippen molar-refractivity contribution in [2.24, 2.45) is 5.73 Å². The lowest BCUT2D eigenvalue weighted by atomic mass is 10.1. The van der Waals surface area contributed by atoms with Crippen LogP contribution >= 0.6 is 0 Å². The second-order valence-corrected chi connectivity index (χ2v) is 3.45. The SMILES string of the molecule is NCCCc1ccc(F)c2c1OCCO2. The van der Waals surface area contributed by atoms with Gasteiger partial charge in [0.2, 0.25) is 0 Å². The van der Waals surface area contributed by atoms with Gasteiger partial charge in [-0.2, -0.15) is 0 Å². The third-order valence-corrected chi connectivity index (χ3v) is 2.37. The molecule has 0 saturated carbocycles. The molecule has 2 rings (SSSR count). The molecule has 0 bridgehead atoms. The summed E-state index contributed by atoms with van der Waals surface area (Å²) in [5, 5.41) is 0. The van der Waals surface area contributed by atoms with Crippen molar-refractivity contribution in [1.82, 2.24) is 0 Å². The average Bonchev–Trinajstić information content (AvgIpc) is 2.29. The Hall–Kier alpha value is -1.29. The minimum atomic E-state index is -0.360. The molecule has 0 atom stereocenters. The molecule has 2 N–H and O–H groups in total. The van der Waals surface area contributed by atoms with E-state index >= 15 is 0 Å². The van der Waals surface area contributed by atoms with Crippen LogP contribution in [0.25, 0.3) is 0 Å². The Labute approximate surface area is 88.0 Å². The molecule has 0 radical (unpaired) electrons. The topological polar surface area (TPSA) is 44.5 Å². The van der Waals surface area contributed by atoms with Crippen LogP contribution < -0.4 is 15.2 Å². The van der Waals surface area contributed by atoms with E-state index in [0.29, 0.717) is 25.5 Å². The molecule has 0 aliphatic carbocycles. The number of aryl methyl sites for hydroxylation is 1. The highest BCUT2D eigenvalue weighted by molar-refractivity contribution is 5.48. The maximum atomic E-state index is 13.3. The zero-order valence-electron chi connectivity index (χ0n) is 8.46. The molecule has 0 amide bonds. The number of ether oxygens (including phenoxy) is 2. The monoisotopic (exact) mass is 211 g/mol. The minimum Gasteiger partial charge on any atom is -0.486 e. The largest absolute Gasteiger partial charge is 0.486 e. The van der Waals surface area contributed by atoms with Gasteiger partial charge in [0.15, 0.2) is 17.3 Å². The predicted molar refractivity (Wildman–Crippen MR) is 54.8 cm³/mol. The first-order chi connectivity index (χ1) is 7.33. The molecule has 1 heterocycles. The summed E-state index contributed by atoms with van der Waals surface area (Å²) >= 11 is 0. The van der Waals surface area contributed by atoms with Crippen molar-refractivity contribution in [2.75, 3.05) is 19.8 Å². The molecular formula is C11H14FNO2. The van der Waals surface area contributed by atoms with Crippen molar-refractivity contribution >= 4 is 0 Å². The molecule has 4 heteroatoms. The molecule has 1 aromatic rings. The van der Waals surface area contributed by atoms with Gasteiger partial charge in [0.25, 0.3) is 0 Å². The Balaban J connectivity index is 2.30. The quantitative estimate of drug-likeness (QED) is 0.823. The highest BCUT2D eigenvalue weighted by atomic mass is 19.1. The Kier molecular flexibility index (Phi) is 3.06. The van der Waals surface area contributed by atoms with Crippen LogP contribution in [-0.2, 0) is 6.42 Å². The van der Waals surface area contributed by atoms with E-state index in [2.05, 4.69) is 0 Å². The first-order valence-corrected chi connectivity index (χ1v) is 5.10. The van der Waals surface area contributed by atoms with E-state index in [1.807, 2.05) is 0 Å². The van der Waals surface area contributed by atoms with Gasteiger partial charge in [-0.25, -0.2) is 4.39 Å². The molecular weight excluding hydrogens is 197 g/mol. The number of benzene rings is 1. The van der Waals surface area contributed by atoms with Crippen molar-refractivity contribution in [3.8, 4) is 11.5 Å². The van der Waals surface area contributed by atoms with Crippen molar-refractivity contribution in [2.45, 2.75) is 12.8 Å². The van der Waals surface area contributed by atoms with Crippen LogP contribution in [-0.4, -0.2) is 19.8 Å². The molecule has 0 saturated heterocycles. The van der Waals surface area contributed by atoms with E-state index in [9.17, 15) is 4.39 Å². The van der Waals surface area contributed by atoms with Crippen LogP contribution in [0.3, 0.4) is 0 Å². The van der Waals surface area contributed by atoms with Gasteiger partial charge in [0.05, 0.1) is 0 Å². The first-order valence-electron chi connectivity index (χ1n) is 5.10. The first kappa shape index (κ1) is 10.2. The van der Waals surface area contributed by atoms with Crippen LogP contribution in [0.1, 0.15) is 12.0 Å². The van der Waals surface area contributed by atoms with E-state index in [-0.39, 0.29) is 11.6 Å². The van der Waals surface area contributed by atoms with Crippen molar-refractivity contribution < 1.29 is 13.9 Å². The Morgan fingerprint density at radius 1 is 1.20 bits per heavy atom. The summed E-state index contributed by atoms with van der Waals surface area (Å²) in [6.45, 7) is 1.50. The predicted octanol–water partition coefficient (Wildman–Crippen LogP) is 1.49. The normalized spacial score (nSPS) is 14.0. The number of hydrogen-bond donors (Lipinski definition) is 1. The minimum absolute atomic E-state index is 0.246. The molecule has 1 aromatic carbocycles. The molecule has 15 heavy (non-hydrogen) atoms. The van der Waals surface area contributed by atoms with Crippen molar-refractivity contribution in [3.63, 3.8) is 0 Å². The van der Waals surface area contributed by atoms with Crippen molar-refractivity contribution in [3.05, 3.63) is 23.5 Å². The second-order valence-electron chi connectivity index (χ2n) is 3.45. The highest BCUT2D eigenvalue weighted by Gasteiger charge is 2.19. The average molecular weight is 211 g/mol. The molecule has 0 aromatic heterocycles. The lowest BCUT2D eigenvalue weighted by Gasteiger charge is -2.21. The van der Waals surface area contributed by atoms with E-state index in [4.69, 9.17) is 15.2 Å². The lowest BCUT2D eigenvalue weighted by Crippen LogP contribution is -2.18. The highest BCUT2D eigenvalue weighted by Crippen LogP contribution is 2.36. The number of hydrogen-bond acceptors (Lipinski definition) is 3. The van der Waals surface area contributed by atoms with E-state index in [0.717, 1.165) is 18.4 Å². The molecule has 0 unspecified atom stereocenters. The summed E-state index contributed by atoms with van der Waals surface area (Å²) in [6.07, 6.45) is 1.66. The second kappa shape index (κ2) is 4.49. The third kappa shape index (κ3) is 2.04. The molecule has 0 fully saturated rings. The fourth-order valence-corrected chi connectivity index (χ4v) is 1.65.